The van der Waals surface area contributed by atoms with E-state index in [2.05, 4.69) is 10.6 Å². The van der Waals surface area contributed by atoms with Crippen LogP contribution in [0, 0.1) is 0 Å². The molecule has 0 aliphatic carbocycles. The summed E-state index contributed by atoms with van der Waals surface area (Å²) in [5.41, 5.74) is -0.460. The second kappa shape index (κ2) is 7.08. The number of hydrogen-bond acceptors (Lipinski definition) is 4. The summed E-state index contributed by atoms with van der Waals surface area (Å²) < 4.78 is 5.10. The van der Waals surface area contributed by atoms with E-state index in [1.807, 2.05) is 13.8 Å². The van der Waals surface area contributed by atoms with E-state index in [0.29, 0.717) is 6.54 Å². The number of nitrogens with one attached hydrogen (secondary N) is 2. The quantitative estimate of drug-likeness (QED) is 0.488. The molecule has 0 aliphatic rings. The summed E-state index contributed by atoms with van der Waals surface area (Å²) in [6, 6.07) is -0.423. The summed E-state index contributed by atoms with van der Waals surface area (Å²) in [4.78, 5) is 21.5. The molecule has 4 N–H and O–H groups in total. The number of aliphatic hydroxyl groups is 1. The highest BCUT2D eigenvalue weighted by Gasteiger charge is 2.17. The molecular formula is C10H20N2O5. The van der Waals surface area contributed by atoms with Gasteiger partial charge in [0.05, 0.1) is 5.60 Å². The Morgan fingerprint density at radius 3 is 2.41 bits per heavy atom. The van der Waals surface area contributed by atoms with Gasteiger partial charge in [0.15, 0.2) is 6.10 Å². The number of hydrogen-bond donors (Lipinski definition) is 4. The Hall–Kier alpha value is -1.34. The lowest BCUT2D eigenvalue weighted by atomic mass is 10.1. The van der Waals surface area contributed by atoms with Crippen LogP contribution in [0.15, 0.2) is 0 Å². The molecule has 7 nitrogen and oxygen atoms in total. The average molecular weight is 248 g/mol. The van der Waals surface area contributed by atoms with Crippen LogP contribution in [0.1, 0.15) is 20.3 Å². The third-order valence-electron chi connectivity index (χ3n) is 2.22. The monoisotopic (exact) mass is 248 g/mol. The van der Waals surface area contributed by atoms with Gasteiger partial charge in [-0.1, -0.05) is 0 Å². The van der Waals surface area contributed by atoms with Gasteiger partial charge in [0.2, 0.25) is 0 Å². The van der Waals surface area contributed by atoms with Crippen molar-refractivity contribution in [3.63, 3.8) is 0 Å². The Kier molecular flexibility index (Phi) is 6.52. The topological polar surface area (TPSA) is 108 Å². The Labute approximate surface area is 100 Å². The zero-order valence-corrected chi connectivity index (χ0v) is 10.3. The lowest BCUT2D eigenvalue weighted by molar-refractivity contribution is -0.146. The van der Waals surface area contributed by atoms with Gasteiger partial charge in [-0.25, -0.2) is 9.59 Å². The maximum absolute atomic E-state index is 11.3. The van der Waals surface area contributed by atoms with Gasteiger partial charge in [-0.2, -0.15) is 0 Å². The number of amides is 2. The normalized spacial score (nSPS) is 12.9. The van der Waals surface area contributed by atoms with E-state index in [4.69, 9.17) is 14.9 Å². The van der Waals surface area contributed by atoms with Crippen LogP contribution < -0.4 is 10.6 Å². The smallest absolute Gasteiger partial charge is 0.332 e. The molecule has 1 atom stereocenters. The van der Waals surface area contributed by atoms with Gasteiger partial charge >= 0.3 is 12.0 Å². The van der Waals surface area contributed by atoms with E-state index in [1.165, 1.54) is 0 Å². The number of carboxylic acid groups (broad SMARTS) is 1. The van der Waals surface area contributed by atoms with Crippen LogP contribution >= 0.6 is 0 Å². The van der Waals surface area contributed by atoms with Crippen LogP contribution in [-0.4, -0.2) is 54.1 Å². The minimum Gasteiger partial charge on any atom is -0.479 e. The van der Waals surface area contributed by atoms with Crippen molar-refractivity contribution < 1.29 is 24.5 Å². The van der Waals surface area contributed by atoms with Crippen molar-refractivity contribution in [1.82, 2.24) is 10.6 Å². The Bertz CT molecular complexity index is 267. The van der Waals surface area contributed by atoms with E-state index in [-0.39, 0.29) is 13.0 Å². The number of carbonyl (C=O) groups excluding carboxylic acids is 1. The molecule has 0 unspecified atom stereocenters. The second-order valence-electron chi connectivity index (χ2n) is 4.22. The van der Waals surface area contributed by atoms with Crippen molar-refractivity contribution in [3.8, 4) is 0 Å². The number of ether oxygens (including phenoxy) is 1. The molecule has 0 aromatic rings. The SMILES string of the molecule is COC(C)(C)CNC(=O)NCC[C@H](O)C(=O)O. The summed E-state index contributed by atoms with van der Waals surface area (Å²) >= 11 is 0. The Morgan fingerprint density at radius 1 is 1.35 bits per heavy atom. The zero-order chi connectivity index (χ0) is 13.5. The van der Waals surface area contributed by atoms with E-state index in [1.54, 1.807) is 7.11 Å². The molecule has 0 aliphatic heterocycles. The number of carboxylic acids is 1. The first-order chi connectivity index (χ1) is 7.78. The maximum Gasteiger partial charge on any atom is 0.332 e. The minimum atomic E-state index is -1.45. The Morgan fingerprint density at radius 2 is 1.94 bits per heavy atom. The average Bonchev–Trinajstić information content (AvgIpc) is 2.26. The van der Waals surface area contributed by atoms with Gasteiger partial charge in [-0.05, 0) is 13.8 Å². The molecule has 2 amide bonds. The predicted molar refractivity (Wildman–Crippen MR) is 60.7 cm³/mol. The Balaban J connectivity index is 3.71. The van der Waals surface area contributed by atoms with Crippen LogP contribution in [0.3, 0.4) is 0 Å². The highest BCUT2D eigenvalue weighted by atomic mass is 16.5. The standard InChI is InChI=1S/C10H20N2O5/c1-10(2,17-3)6-12-9(16)11-5-4-7(13)8(14)15/h7,13H,4-6H2,1-3H3,(H,14,15)(H2,11,12,16)/t7-/m0/s1. The molecule has 0 saturated heterocycles. The van der Waals surface area contributed by atoms with E-state index >= 15 is 0 Å². The van der Waals surface area contributed by atoms with Crippen molar-refractivity contribution in [3.05, 3.63) is 0 Å². The first kappa shape index (κ1) is 15.7. The number of urea groups is 1. The van der Waals surface area contributed by atoms with Crippen LogP contribution in [0.5, 0.6) is 0 Å². The summed E-state index contributed by atoms with van der Waals surface area (Å²) in [6.07, 6.45) is -1.48. The first-order valence-corrected chi connectivity index (χ1v) is 5.26. The molecule has 0 heterocycles. The molecule has 17 heavy (non-hydrogen) atoms. The number of carbonyl (C=O) groups is 2. The van der Waals surface area contributed by atoms with Crippen LogP contribution in [0.4, 0.5) is 4.79 Å². The number of aliphatic carboxylic acids is 1. The molecule has 0 rings (SSSR count). The van der Waals surface area contributed by atoms with Crippen molar-refractivity contribution >= 4 is 12.0 Å². The molecule has 0 aromatic carbocycles. The van der Waals surface area contributed by atoms with Crippen LogP contribution in [0.25, 0.3) is 0 Å². The molecule has 0 bridgehead atoms. The highest BCUT2D eigenvalue weighted by molar-refractivity contribution is 5.74. The zero-order valence-electron chi connectivity index (χ0n) is 10.3. The number of rotatable bonds is 7. The first-order valence-electron chi connectivity index (χ1n) is 5.26. The molecular weight excluding hydrogens is 228 g/mol. The molecule has 0 radical (unpaired) electrons. The van der Waals surface area contributed by atoms with Crippen molar-refractivity contribution in [2.24, 2.45) is 0 Å². The summed E-state index contributed by atoms with van der Waals surface area (Å²) in [5.74, 6) is -1.30. The summed E-state index contributed by atoms with van der Waals surface area (Å²) in [7, 11) is 1.54. The van der Waals surface area contributed by atoms with Gasteiger partial charge in [0.25, 0.3) is 0 Å². The minimum absolute atomic E-state index is 0.0313. The fraction of sp³-hybridized carbons (Fsp3) is 0.800. The van der Waals surface area contributed by atoms with Gasteiger partial charge in [0, 0.05) is 26.6 Å². The van der Waals surface area contributed by atoms with Crippen molar-refractivity contribution in [2.75, 3.05) is 20.2 Å². The van der Waals surface area contributed by atoms with Gasteiger partial charge < -0.3 is 25.6 Å². The fourth-order valence-electron chi connectivity index (χ4n) is 0.874. The van der Waals surface area contributed by atoms with Gasteiger partial charge in [0.1, 0.15) is 0 Å². The van der Waals surface area contributed by atoms with E-state index in [0.717, 1.165) is 0 Å². The summed E-state index contributed by atoms with van der Waals surface area (Å²) in [5, 5.41) is 22.3. The lowest BCUT2D eigenvalue weighted by Gasteiger charge is -2.23. The fourth-order valence-corrected chi connectivity index (χ4v) is 0.874. The molecule has 0 fully saturated rings. The third kappa shape index (κ3) is 7.53. The van der Waals surface area contributed by atoms with Gasteiger partial charge in [-0.15, -0.1) is 0 Å². The number of aliphatic hydroxyl groups excluding tert-OH is 1. The largest absolute Gasteiger partial charge is 0.479 e. The van der Waals surface area contributed by atoms with Crippen LogP contribution in [-0.2, 0) is 9.53 Å². The number of methoxy groups -OCH3 is 1. The van der Waals surface area contributed by atoms with Crippen LogP contribution in [0.2, 0.25) is 0 Å². The third-order valence-corrected chi connectivity index (χ3v) is 2.22. The maximum atomic E-state index is 11.3. The summed E-state index contributed by atoms with van der Waals surface area (Å²) in [6.45, 7) is 4.06. The molecule has 0 aromatic heterocycles. The molecule has 0 saturated carbocycles. The van der Waals surface area contributed by atoms with Gasteiger partial charge in [-0.3, -0.25) is 0 Å². The second-order valence-corrected chi connectivity index (χ2v) is 4.22. The van der Waals surface area contributed by atoms with E-state index in [9.17, 15) is 9.59 Å². The van der Waals surface area contributed by atoms with Crippen molar-refractivity contribution in [1.29, 1.82) is 0 Å². The highest BCUT2D eigenvalue weighted by Crippen LogP contribution is 2.04. The lowest BCUT2D eigenvalue weighted by Crippen LogP contribution is -2.45. The molecule has 100 valence electrons. The van der Waals surface area contributed by atoms with Crippen molar-refractivity contribution in [2.45, 2.75) is 32.0 Å². The molecule has 7 heteroatoms. The predicted octanol–water partition coefficient (Wildman–Crippen LogP) is -0.454. The van der Waals surface area contributed by atoms with E-state index < -0.39 is 23.7 Å². The molecule has 0 spiro atoms.